The van der Waals surface area contributed by atoms with E-state index in [9.17, 15) is 4.79 Å². The number of hydrogen-bond acceptors (Lipinski definition) is 2. The summed E-state index contributed by atoms with van der Waals surface area (Å²) in [7, 11) is 0. The first-order chi connectivity index (χ1) is 4.31. The SMILES string of the molecule is C[CH]C(=O)NCCCN. The molecular weight excluding hydrogens is 116 g/mol. The van der Waals surface area contributed by atoms with Gasteiger partial charge in [-0.3, -0.25) is 4.79 Å². The molecule has 9 heavy (non-hydrogen) atoms. The Bertz CT molecular complexity index is 83.1. The lowest BCUT2D eigenvalue weighted by atomic mass is 10.4. The number of rotatable bonds is 4. The summed E-state index contributed by atoms with van der Waals surface area (Å²) in [6.45, 7) is 3.02. The lowest BCUT2D eigenvalue weighted by Crippen LogP contribution is -2.25. The predicted molar refractivity (Wildman–Crippen MR) is 36.7 cm³/mol. The molecule has 3 N–H and O–H groups in total. The zero-order valence-corrected chi connectivity index (χ0v) is 5.68. The van der Waals surface area contributed by atoms with Crippen molar-refractivity contribution in [1.82, 2.24) is 5.32 Å². The largest absolute Gasteiger partial charge is 0.356 e. The van der Waals surface area contributed by atoms with Crippen LogP contribution in [0, 0.1) is 6.42 Å². The van der Waals surface area contributed by atoms with Gasteiger partial charge in [0, 0.05) is 13.0 Å². The number of hydrogen-bond donors (Lipinski definition) is 2. The van der Waals surface area contributed by atoms with Crippen LogP contribution >= 0.6 is 0 Å². The Morgan fingerprint density at radius 2 is 2.44 bits per heavy atom. The molecule has 0 spiro atoms. The van der Waals surface area contributed by atoms with Gasteiger partial charge < -0.3 is 11.1 Å². The quantitative estimate of drug-likeness (QED) is 0.511. The molecule has 3 heteroatoms. The second kappa shape index (κ2) is 5.56. The number of carbonyl (C=O) groups is 1. The van der Waals surface area contributed by atoms with Gasteiger partial charge in [0.2, 0.25) is 5.91 Å². The van der Waals surface area contributed by atoms with Crippen LogP contribution in [0.2, 0.25) is 0 Å². The summed E-state index contributed by atoms with van der Waals surface area (Å²) in [6, 6.07) is 0. The Morgan fingerprint density at radius 1 is 1.78 bits per heavy atom. The van der Waals surface area contributed by atoms with Crippen LogP contribution in [-0.4, -0.2) is 19.0 Å². The van der Waals surface area contributed by atoms with Crippen molar-refractivity contribution in [2.75, 3.05) is 13.1 Å². The Hall–Kier alpha value is -0.570. The summed E-state index contributed by atoms with van der Waals surface area (Å²) >= 11 is 0. The monoisotopic (exact) mass is 129 g/mol. The summed E-state index contributed by atoms with van der Waals surface area (Å²) in [5.41, 5.74) is 5.19. The summed E-state index contributed by atoms with van der Waals surface area (Å²) in [6.07, 6.45) is 2.34. The van der Waals surface area contributed by atoms with Crippen molar-refractivity contribution in [2.45, 2.75) is 13.3 Å². The van der Waals surface area contributed by atoms with Crippen molar-refractivity contribution in [3.05, 3.63) is 6.42 Å². The van der Waals surface area contributed by atoms with Crippen molar-refractivity contribution in [3.63, 3.8) is 0 Å². The molecule has 3 nitrogen and oxygen atoms in total. The number of nitrogens with two attached hydrogens (primary N) is 1. The Kier molecular flexibility index (Phi) is 5.21. The summed E-state index contributed by atoms with van der Waals surface area (Å²) in [5.74, 6) is -0.0246. The van der Waals surface area contributed by atoms with Gasteiger partial charge in [-0.1, -0.05) is 6.92 Å². The zero-order valence-electron chi connectivity index (χ0n) is 5.68. The normalized spacial score (nSPS) is 9.11. The molecule has 0 bridgehead atoms. The van der Waals surface area contributed by atoms with Gasteiger partial charge in [0.25, 0.3) is 0 Å². The van der Waals surface area contributed by atoms with Crippen LogP contribution in [-0.2, 0) is 4.79 Å². The molecule has 0 aliphatic rings. The van der Waals surface area contributed by atoms with E-state index in [0.717, 1.165) is 6.42 Å². The fraction of sp³-hybridized carbons (Fsp3) is 0.667. The van der Waals surface area contributed by atoms with Crippen LogP contribution in [0.15, 0.2) is 0 Å². The van der Waals surface area contributed by atoms with E-state index in [2.05, 4.69) is 5.32 Å². The van der Waals surface area contributed by atoms with E-state index in [0.29, 0.717) is 13.1 Å². The Balaban J connectivity index is 2.97. The van der Waals surface area contributed by atoms with E-state index in [4.69, 9.17) is 5.73 Å². The van der Waals surface area contributed by atoms with Gasteiger partial charge in [-0.15, -0.1) is 0 Å². The minimum Gasteiger partial charge on any atom is -0.356 e. The molecule has 0 heterocycles. The molecule has 0 fully saturated rings. The predicted octanol–water partition coefficient (Wildman–Crippen LogP) is -0.324. The molecule has 0 aliphatic heterocycles. The minimum atomic E-state index is -0.0246. The molecule has 1 radical (unpaired) electrons. The van der Waals surface area contributed by atoms with Crippen LogP contribution in [0.4, 0.5) is 0 Å². The number of carbonyl (C=O) groups excluding carboxylic acids is 1. The third kappa shape index (κ3) is 5.30. The second-order valence-corrected chi connectivity index (χ2v) is 1.72. The molecule has 0 rings (SSSR count). The van der Waals surface area contributed by atoms with Crippen molar-refractivity contribution in [1.29, 1.82) is 0 Å². The lowest BCUT2D eigenvalue weighted by Gasteiger charge is -1.99. The van der Waals surface area contributed by atoms with E-state index in [1.165, 1.54) is 6.42 Å². The fourth-order valence-corrected chi connectivity index (χ4v) is 0.416. The van der Waals surface area contributed by atoms with Crippen molar-refractivity contribution in [3.8, 4) is 0 Å². The molecule has 0 aliphatic carbocycles. The van der Waals surface area contributed by atoms with E-state index in [1.807, 2.05) is 0 Å². The van der Waals surface area contributed by atoms with Gasteiger partial charge in [0.15, 0.2) is 0 Å². The Morgan fingerprint density at radius 3 is 2.89 bits per heavy atom. The Labute approximate surface area is 55.6 Å². The fourth-order valence-electron chi connectivity index (χ4n) is 0.416. The molecule has 0 saturated carbocycles. The van der Waals surface area contributed by atoms with Gasteiger partial charge in [0.05, 0.1) is 0 Å². The second-order valence-electron chi connectivity index (χ2n) is 1.72. The zero-order chi connectivity index (χ0) is 7.11. The first-order valence-electron chi connectivity index (χ1n) is 3.08. The third-order valence-electron chi connectivity index (χ3n) is 0.942. The lowest BCUT2D eigenvalue weighted by molar-refractivity contribution is -0.117. The maximum atomic E-state index is 10.5. The standard InChI is InChI=1S/C6H13N2O/c1-2-6(9)8-5-3-4-7/h2H,3-5,7H2,1H3,(H,8,9). The van der Waals surface area contributed by atoms with Crippen LogP contribution in [0.5, 0.6) is 0 Å². The van der Waals surface area contributed by atoms with Gasteiger partial charge >= 0.3 is 0 Å². The highest BCUT2D eigenvalue weighted by atomic mass is 16.1. The van der Waals surface area contributed by atoms with Crippen molar-refractivity contribution < 1.29 is 4.79 Å². The smallest absolute Gasteiger partial charge is 0.223 e. The number of nitrogens with one attached hydrogen (secondary N) is 1. The average molecular weight is 129 g/mol. The maximum Gasteiger partial charge on any atom is 0.223 e. The molecule has 1 amide bonds. The van der Waals surface area contributed by atoms with Crippen molar-refractivity contribution >= 4 is 5.91 Å². The highest BCUT2D eigenvalue weighted by Gasteiger charge is 1.92. The highest BCUT2D eigenvalue weighted by Crippen LogP contribution is 1.74. The van der Waals surface area contributed by atoms with Crippen LogP contribution in [0.3, 0.4) is 0 Å². The van der Waals surface area contributed by atoms with Crippen LogP contribution < -0.4 is 11.1 Å². The number of amides is 1. The highest BCUT2D eigenvalue weighted by molar-refractivity contribution is 5.83. The van der Waals surface area contributed by atoms with Gasteiger partial charge in [-0.05, 0) is 13.0 Å². The van der Waals surface area contributed by atoms with Gasteiger partial charge in [0.1, 0.15) is 0 Å². The molecule has 0 atom stereocenters. The minimum absolute atomic E-state index is 0.0246. The van der Waals surface area contributed by atoms with E-state index >= 15 is 0 Å². The van der Waals surface area contributed by atoms with Gasteiger partial charge in [-0.25, -0.2) is 0 Å². The average Bonchev–Trinajstić information content (AvgIpc) is 1.89. The first kappa shape index (κ1) is 8.43. The molecule has 0 aromatic rings. The topological polar surface area (TPSA) is 55.1 Å². The molecule has 0 unspecified atom stereocenters. The first-order valence-corrected chi connectivity index (χ1v) is 3.08. The van der Waals surface area contributed by atoms with E-state index < -0.39 is 0 Å². The van der Waals surface area contributed by atoms with E-state index in [-0.39, 0.29) is 5.91 Å². The van der Waals surface area contributed by atoms with Crippen molar-refractivity contribution in [2.24, 2.45) is 5.73 Å². The molecule has 0 saturated heterocycles. The van der Waals surface area contributed by atoms with Gasteiger partial charge in [-0.2, -0.15) is 0 Å². The molecular formula is C6H13N2O. The maximum absolute atomic E-state index is 10.5. The summed E-state index contributed by atoms with van der Waals surface area (Å²) in [5, 5.41) is 2.66. The van der Waals surface area contributed by atoms with Crippen LogP contribution in [0.25, 0.3) is 0 Å². The van der Waals surface area contributed by atoms with E-state index in [1.54, 1.807) is 6.92 Å². The van der Waals surface area contributed by atoms with Crippen LogP contribution in [0.1, 0.15) is 13.3 Å². The molecule has 0 aromatic carbocycles. The summed E-state index contributed by atoms with van der Waals surface area (Å²) in [4.78, 5) is 10.5. The summed E-state index contributed by atoms with van der Waals surface area (Å²) < 4.78 is 0. The third-order valence-corrected chi connectivity index (χ3v) is 0.942. The molecule has 0 aromatic heterocycles. The molecule has 53 valence electrons.